The molecule has 2 N–H and O–H groups in total. The first-order valence-electron chi connectivity index (χ1n) is 11.5. The number of alkyl halides is 1. The predicted octanol–water partition coefficient (Wildman–Crippen LogP) is 3.12. The number of phosphoric ester groups is 1. The Morgan fingerprint density at radius 2 is 2.03 bits per heavy atom. The van der Waals surface area contributed by atoms with E-state index in [4.69, 9.17) is 24.0 Å². The zero-order valence-electron chi connectivity index (χ0n) is 18.4. The number of rotatable bonds is 4. The zero-order valence-corrected chi connectivity index (χ0v) is 19.3. The Labute approximate surface area is 190 Å². The van der Waals surface area contributed by atoms with E-state index in [0.29, 0.717) is 17.0 Å². The fourth-order valence-electron chi connectivity index (χ4n) is 5.09. The molecule has 5 heterocycles. The van der Waals surface area contributed by atoms with Crippen molar-refractivity contribution in [3.63, 3.8) is 0 Å². The van der Waals surface area contributed by atoms with Gasteiger partial charge in [-0.25, -0.2) is 13.9 Å². The van der Waals surface area contributed by atoms with Gasteiger partial charge in [0.1, 0.15) is 12.2 Å². The number of fused-ring (bicyclic) bond motifs is 2. The number of imidazole rings is 1. The third kappa shape index (κ3) is 3.63. The van der Waals surface area contributed by atoms with E-state index in [9.17, 15) is 4.57 Å². The van der Waals surface area contributed by atoms with Crippen molar-refractivity contribution >= 4 is 30.8 Å². The summed E-state index contributed by atoms with van der Waals surface area (Å²) >= 11 is 0. The summed E-state index contributed by atoms with van der Waals surface area (Å²) in [6, 6.07) is 0. The highest BCUT2D eigenvalue weighted by Crippen LogP contribution is 2.61. The summed E-state index contributed by atoms with van der Waals surface area (Å²) in [5.74, 6) is 0.704. The molecule has 0 aromatic carbocycles. The van der Waals surface area contributed by atoms with Crippen LogP contribution in [0.15, 0.2) is 6.33 Å². The van der Waals surface area contributed by atoms with Gasteiger partial charge in [0.15, 0.2) is 28.9 Å². The van der Waals surface area contributed by atoms with Crippen LogP contribution in [0.5, 0.6) is 0 Å². The Bertz CT molecular complexity index is 1100. The number of hydrogen-bond acceptors (Lipinski definition) is 10. The number of nitrogens with two attached hydrogens (primary N) is 1. The number of halogens is 1. The van der Waals surface area contributed by atoms with Crippen LogP contribution in [0.4, 0.5) is 16.2 Å². The Kier molecular flexibility index (Phi) is 5.15. The van der Waals surface area contributed by atoms with Gasteiger partial charge in [0.05, 0.1) is 19.0 Å². The molecule has 0 spiro atoms. The molecular weight excluding hydrogens is 454 g/mol. The van der Waals surface area contributed by atoms with Gasteiger partial charge in [-0.15, -0.1) is 0 Å². The van der Waals surface area contributed by atoms with Gasteiger partial charge in [0.25, 0.3) is 0 Å². The quantitative estimate of drug-likeness (QED) is 0.650. The molecule has 0 radical (unpaired) electrons. The van der Waals surface area contributed by atoms with E-state index in [-0.39, 0.29) is 18.7 Å². The van der Waals surface area contributed by atoms with Gasteiger partial charge in [-0.05, 0) is 26.2 Å². The standard InChI is InChI=1S/C20H28FN6O5P/c1-20(21)15-13(10-29-33(28,32-15)31-12-6-3-2-4-7-12)30-18(20)27-11-23-14-16(26-8-5-9-26)24-19(22)25-17(14)27/h11-13,15,18H,2-10H2,1H3,(H2,22,24,25)/t13-,15-,18-,20-,33+/m1/s1. The largest absolute Gasteiger partial charge is 0.475 e. The summed E-state index contributed by atoms with van der Waals surface area (Å²) < 4.78 is 53.8. The van der Waals surface area contributed by atoms with E-state index < -0.39 is 31.9 Å². The average molecular weight is 482 g/mol. The lowest BCUT2D eigenvalue weighted by Gasteiger charge is -2.35. The van der Waals surface area contributed by atoms with Gasteiger partial charge >= 0.3 is 7.82 Å². The summed E-state index contributed by atoms with van der Waals surface area (Å²) in [5, 5.41) is 0. The Morgan fingerprint density at radius 3 is 2.76 bits per heavy atom. The third-order valence-corrected chi connectivity index (χ3v) is 8.49. The highest BCUT2D eigenvalue weighted by Gasteiger charge is 2.62. The minimum Gasteiger partial charge on any atom is -0.368 e. The second kappa shape index (κ2) is 7.84. The SMILES string of the molecule is C[C@@]1(F)[C@@H]2O[P@](=O)(OC3CCCCC3)OC[C@H]2O[C@H]1n1cnc2c(N3CCC3)nc(N)nc21. The molecule has 3 saturated heterocycles. The number of nitrogens with zero attached hydrogens (tertiary/aromatic N) is 5. The smallest absolute Gasteiger partial charge is 0.368 e. The van der Waals surface area contributed by atoms with Crippen molar-refractivity contribution in [3.8, 4) is 0 Å². The minimum atomic E-state index is -3.91. The summed E-state index contributed by atoms with van der Waals surface area (Å²) in [4.78, 5) is 15.1. The van der Waals surface area contributed by atoms with E-state index in [1.165, 1.54) is 17.8 Å². The highest BCUT2D eigenvalue weighted by molar-refractivity contribution is 7.48. The lowest BCUT2D eigenvalue weighted by atomic mass is 9.98. The maximum Gasteiger partial charge on any atom is 0.475 e. The molecule has 4 aliphatic rings. The van der Waals surface area contributed by atoms with E-state index in [1.807, 2.05) is 0 Å². The molecule has 0 amide bonds. The fraction of sp³-hybridized carbons (Fsp3) is 0.750. The zero-order chi connectivity index (χ0) is 22.8. The molecule has 11 nitrogen and oxygen atoms in total. The van der Waals surface area contributed by atoms with Gasteiger partial charge in [-0.3, -0.25) is 18.1 Å². The first kappa shape index (κ1) is 21.7. The number of anilines is 2. The van der Waals surface area contributed by atoms with Gasteiger partial charge < -0.3 is 15.4 Å². The monoisotopic (exact) mass is 482 g/mol. The second-order valence-electron chi connectivity index (χ2n) is 9.38. The molecule has 2 aromatic rings. The first-order valence-corrected chi connectivity index (χ1v) is 13.0. The van der Waals surface area contributed by atoms with Crippen molar-refractivity contribution in [3.05, 3.63) is 6.33 Å². The van der Waals surface area contributed by atoms with Gasteiger partial charge in [0, 0.05) is 13.1 Å². The Hall–Kier alpha value is -1.85. The lowest BCUT2D eigenvalue weighted by molar-refractivity contribution is -0.0763. The van der Waals surface area contributed by atoms with Gasteiger partial charge in [-0.2, -0.15) is 9.97 Å². The van der Waals surface area contributed by atoms with E-state index in [0.717, 1.165) is 51.6 Å². The van der Waals surface area contributed by atoms with E-state index >= 15 is 4.39 Å². The van der Waals surface area contributed by atoms with Crippen LogP contribution < -0.4 is 10.6 Å². The molecular formula is C20H28FN6O5P. The second-order valence-corrected chi connectivity index (χ2v) is 11.0. The molecule has 3 aliphatic heterocycles. The van der Waals surface area contributed by atoms with Crippen molar-refractivity contribution in [1.82, 2.24) is 19.5 Å². The van der Waals surface area contributed by atoms with Crippen LogP contribution in [0.3, 0.4) is 0 Å². The number of phosphoric acid groups is 1. The van der Waals surface area contributed by atoms with Crippen molar-refractivity contribution in [2.75, 3.05) is 30.3 Å². The maximum absolute atomic E-state index is 16.2. The average Bonchev–Trinajstić information content (AvgIpc) is 3.25. The predicted molar refractivity (Wildman–Crippen MR) is 116 cm³/mol. The van der Waals surface area contributed by atoms with Crippen molar-refractivity contribution < 1.29 is 27.3 Å². The van der Waals surface area contributed by atoms with Crippen LogP contribution in [0, 0.1) is 0 Å². The number of nitrogen functional groups attached to an aromatic ring is 1. The Balaban J connectivity index is 1.28. The summed E-state index contributed by atoms with van der Waals surface area (Å²) in [6.07, 6.45) is 4.03. The van der Waals surface area contributed by atoms with E-state index in [2.05, 4.69) is 19.9 Å². The maximum atomic E-state index is 16.2. The van der Waals surface area contributed by atoms with Crippen LogP contribution in [0.1, 0.15) is 51.7 Å². The van der Waals surface area contributed by atoms with Crippen LogP contribution in [0.25, 0.3) is 11.2 Å². The minimum absolute atomic E-state index is 0.0760. The van der Waals surface area contributed by atoms with Crippen LogP contribution >= 0.6 is 7.82 Å². The summed E-state index contributed by atoms with van der Waals surface area (Å²) in [6.45, 7) is 2.98. The highest BCUT2D eigenvalue weighted by atomic mass is 31.2. The van der Waals surface area contributed by atoms with Crippen LogP contribution in [-0.4, -0.2) is 63.2 Å². The molecule has 1 aliphatic carbocycles. The molecule has 5 atom stereocenters. The lowest BCUT2D eigenvalue weighted by Crippen LogP contribution is -2.45. The topological polar surface area (TPSA) is 127 Å². The molecule has 1 saturated carbocycles. The van der Waals surface area contributed by atoms with Gasteiger partial charge in [0.2, 0.25) is 5.95 Å². The van der Waals surface area contributed by atoms with Crippen LogP contribution in [-0.2, 0) is 22.9 Å². The Morgan fingerprint density at radius 1 is 1.24 bits per heavy atom. The van der Waals surface area contributed by atoms with Gasteiger partial charge in [-0.1, -0.05) is 19.3 Å². The number of hydrogen-bond donors (Lipinski definition) is 1. The normalized spacial score (nSPS) is 37.3. The number of aromatic nitrogens is 4. The van der Waals surface area contributed by atoms with E-state index in [1.54, 1.807) is 0 Å². The number of ether oxygens (including phenoxy) is 1. The molecule has 6 rings (SSSR count). The van der Waals surface area contributed by atoms with Crippen molar-refractivity contribution in [2.24, 2.45) is 0 Å². The molecule has 2 aromatic heterocycles. The molecule has 180 valence electrons. The van der Waals surface area contributed by atoms with Crippen molar-refractivity contribution in [2.45, 2.75) is 75.7 Å². The first-order chi connectivity index (χ1) is 15.8. The molecule has 13 heteroatoms. The molecule has 4 fully saturated rings. The molecule has 0 unspecified atom stereocenters. The van der Waals surface area contributed by atoms with Crippen LogP contribution in [0.2, 0.25) is 0 Å². The molecule has 33 heavy (non-hydrogen) atoms. The third-order valence-electron chi connectivity index (χ3n) is 6.98. The fourth-order valence-corrected chi connectivity index (χ4v) is 6.79. The van der Waals surface area contributed by atoms with Crippen molar-refractivity contribution in [1.29, 1.82) is 0 Å². The molecule has 0 bridgehead atoms. The summed E-state index contributed by atoms with van der Waals surface area (Å²) in [7, 11) is -3.91. The summed E-state index contributed by atoms with van der Waals surface area (Å²) in [5.41, 5.74) is 4.81.